The lowest BCUT2D eigenvalue weighted by molar-refractivity contribution is 0.0929. The molecule has 2 aromatic carbocycles. The van der Waals surface area contributed by atoms with Crippen LogP contribution in [0.2, 0.25) is 0 Å². The van der Waals surface area contributed by atoms with Crippen molar-refractivity contribution in [3.63, 3.8) is 0 Å². The van der Waals surface area contributed by atoms with Crippen molar-refractivity contribution >= 4 is 11.6 Å². The number of rotatable bonds is 7. The Kier molecular flexibility index (Phi) is 5.31. The van der Waals surface area contributed by atoms with Crippen LogP contribution in [-0.2, 0) is 18.0 Å². The number of hydrogen-bond donors (Lipinski definition) is 1. The van der Waals surface area contributed by atoms with Gasteiger partial charge in [0.2, 0.25) is 0 Å². The third kappa shape index (κ3) is 4.19. The molecule has 0 fully saturated rings. The second-order valence-electron chi connectivity index (χ2n) is 6.19. The minimum atomic E-state index is -0.195. The Hall–Kier alpha value is -3.64. The minimum Gasteiger partial charge on any atom is -0.467 e. The summed E-state index contributed by atoms with van der Waals surface area (Å²) in [5.74, 6) is 0.583. The summed E-state index contributed by atoms with van der Waals surface area (Å²) in [6, 6.07) is 20.5. The SMILES string of the molecule is O=C(Nc1cccc(COCc2ccco2)c1)c1ccccc1-n1cccn1. The number of amides is 1. The van der Waals surface area contributed by atoms with Crippen molar-refractivity contribution in [3.05, 3.63) is 102 Å². The third-order valence-corrected chi connectivity index (χ3v) is 4.18. The fraction of sp³-hybridized carbons (Fsp3) is 0.0909. The molecule has 2 heterocycles. The van der Waals surface area contributed by atoms with E-state index in [1.165, 1.54) is 0 Å². The molecule has 1 amide bonds. The molecule has 0 radical (unpaired) electrons. The van der Waals surface area contributed by atoms with Crippen LogP contribution in [0.5, 0.6) is 0 Å². The van der Waals surface area contributed by atoms with Crippen LogP contribution in [-0.4, -0.2) is 15.7 Å². The molecule has 0 aliphatic rings. The maximum absolute atomic E-state index is 12.8. The van der Waals surface area contributed by atoms with Gasteiger partial charge in [-0.15, -0.1) is 0 Å². The van der Waals surface area contributed by atoms with Crippen molar-refractivity contribution in [1.29, 1.82) is 0 Å². The second kappa shape index (κ2) is 8.37. The van der Waals surface area contributed by atoms with E-state index in [1.807, 2.05) is 66.9 Å². The topological polar surface area (TPSA) is 69.3 Å². The number of furan rings is 1. The van der Waals surface area contributed by atoms with Crippen LogP contribution in [0.4, 0.5) is 5.69 Å². The smallest absolute Gasteiger partial charge is 0.257 e. The summed E-state index contributed by atoms with van der Waals surface area (Å²) in [5, 5.41) is 7.17. The number of anilines is 1. The summed E-state index contributed by atoms with van der Waals surface area (Å²) in [6.07, 6.45) is 5.11. The van der Waals surface area contributed by atoms with Crippen LogP contribution >= 0.6 is 0 Å². The molecule has 28 heavy (non-hydrogen) atoms. The summed E-state index contributed by atoms with van der Waals surface area (Å²) in [5.41, 5.74) is 2.94. The first kappa shape index (κ1) is 17.8. The van der Waals surface area contributed by atoms with Gasteiger partial charge in [0.05, 0.1) is 24.1 Å². The third-order valence-electron chi connectivity index (χ3n) is 4.18. The van der Waals surface area contributed by atoms with Gasteiger partial charge >= 0.3 is 0 Å². The van der Waals surface area contributed by atoms with E-state index in [4.69, 9.17) is 9.15 Å². The lowest BCUT2D eigenvalue weighted by Gasteiger charge is -2.11. The van der Waals surface area contributed by atoms with Gasteiger partial charge < -0.3 is 14.5 Å². The zero-order valence-corrected chi connectivity index (χ0v) is 15.1. The molecule has 4 aromatic rings. The molecule has 6 heteroatoms. The molecule has 1 N–H and O–H groups in total. The van der Waals surface area contributed by atoms with E-state index in [0.717, 1.165) is 17.0 Å². The number of nitrogens with one attached hydrogen (secondary N) is 1. The highest BCUT2D eigenvalue weighted by molar-refractivity contribution is 6.06. The molecule has 0 unspecified atom stereocenters. The van der Waals surface area contributed by atoms with E-state index >= 15 is 0 Å². The fourth-order valence-corrected chi connectivity index (χ4v) is 2.88. The number of nitrogens with zero attached hydrogens (tertiary/aromatic N) is 2. The molecule has 4 rings (SSSR count). The van der Waals surface area contributed by atoms with Crippen LogP contribution in [0.15, 0.2) is 89.8 Å². The Morgan fingerprint density at radius 1 is 1.04 bits per heavy atom. The molecule has 140 valence electrons. The normalized spacial score (nSPS) is 10.7. The molecule has 0 saturated carbocycles. The molecular formula is C22H19N3O3. The quantitative estimate of drug-likeness (QED) is 0.520. The first-order valence-electron chi connectivity index (χ1n) is 8.89. The monoisotopic (exact) mass is 373 g/mol. The first-order valence-corrected chi connectivity index (χ1v) is 8.89. The van der Waals surface area contributed by atoms with Gasteiger partial charge in [-0.3, -0.25) is 4.79 Å². The molecule has 2 aromatic heterocycles. The van der Waals surface area contributed by atoms with E-state index in [2.05, 4.69) is 10.4 Å². The van der Waals surface area contributed by atoms with Crippen LogP contribution in [0, 0.1) is 0 Å². The van der Waals surface area contributed by atoms with E-state index in [1.54, 1.807) is 23.2 Å². The Labute approximate surface area is 162 Å². The van der Waals surface area contributed by atoms with Crippen molar-refractivity contribution in [2.75, 3.05) is 5.32 Å². The predicted molar refractivity (Wildman–Crippen MR) is 105 cm³/mol. The molecule has 0 aliphatic heterocycles. The van der Waals surface area contributed by atoms with E-state index in [0.29, 0.717) is 24.5 Å². The van der Waals surface area contributed by atoms with Crippen molar-refractivity contribution in [1.82, 2.24) is 9.78 Å². The number of para-hydroxylation sites is 1. The Bertz CT molecular complexity index is 1040. The van der Waals surface area contributed by atoms with Gasteiger partial charge in [0.1, 0.15) is 12.4 Å². The standard InChI is InChI=1S/C22H19N3O3/c26-22(20-9-1-2-10-21(20)25-12-5-11-23-25)24-18-7-3-6-17(14-18)15-27-16-19-8-4-13-28-19/h1-14H,15-16H2,(H,24,26). The van der Waals surface area contributed by atoms with Crippen molar-refractivity contribution in [3.8, 4) is 5.69 Å². The maximum atomic E-state index is 12.8. The molecule has 0 bridgehead atoms. The summed E-state index contributed by atoms with van der Waals surface area (Å²) >= 11 is 0. The number of aromatic nitrogens is 2. The van der Waals surface area contributed by atoms with Crippen LogP contribution < -0.4 is 5.32 Å². The summed E-state index contributed by atoms with van der Waals surface area (Å²) in [4.78, 5) is 12.8. The number of carbonyl (C=O) groups excluding carboxylic acids is 1. The fourth-order valence-electron chi connectivity index (χ4n) is 2.88. The van der Waals surface area contributed by atoms with Crippen LogP contribution in [0.25, 0.3) is 5.69 Å². The molecular weight excluding hydrogens is 354 g/mol. The van der Waals surface area contributed by atoms with Crippen molar-refractivity contribution in [2.24, 2.45) is 0 Å². The number of carbonyl (C=O) groups is 1. The highest BCUT2D eigenvalue weighted by Gasteiger charge is 2.13. The average molecular weight is 373 g/mol. The van der Waals surface area contributed by atoms with Gasteiger partial charge in [-0.25, -0.2) is 4.68 Å². The second-order valence-corrected chi connectivity index (χ2v) is 6.19. The van der Waals surface area contributed by atoms with Crippen molar-refractivity contribution in [2.45, 2.75) is 13.2 Å². The van der Waals surface area contributed by atoms with E-state index in [9.17, 15) is 4.79 Å². The lowest BCUT2D eigenvalue weighted by Crippen LogP contribution is -2.15. The number of ether oxygens (including phenoxy) is 1. The van der Waals surface area contributed by atoms with Crippen LogP contribution in [0.1, 0.15) is 21.7 Å². The van der Waals surface area contributed by atoms with Gasteiger partial charge in [0.25, 0.3) is 5.91 Å². The van der Waals surface area contributed by atoms with E-state index in [-0.39, 0.29) is 5.91 Å². The summed E-state index contributed by atoms with van der Waals surface area (Å²) in [6.45, 7) is 0.828. The van der Waals surface area contributed by atoms with Gasteiger partial charge in [-0.05, 0) is 48.0 Å². The lowest BCUT2D eigenvalue weighted by atomic mass is 10.1. The summed E-state index contributed by atoms with van der Waals surface area (Å²) < 4.78 is 12.6. The molecule has 0 aliphatic carbocycles. The maximum Gasteiger partial charge on any atom is 0.257 e. The summed E-state index contributed by atoms with van der Waals surface area (Å²) in [7, 11) is 0. The first-order chi connectivity index (χ1) is 13.8. The molecule has 6 nitrogen and oxygen atoms in total. The Balaban J connectivity index is 1.44. The van der Waals surface area contributed by atoms with Gasteiger partial charge in [-0.1, -0.05) is 24.3 Å². The largest absolute Gasteiger partial charge is 0.467 e. The van der Waals surface area contributed by atoms with Crippen LogP contribution in [0.3, 0.4) is 0 Å². The number of hydrogen-bond acceptors (Lipinski definition) is 4. The highest BCUT2D eigenvalue weighted by atomic mass is 16.5. The van der Waals surface area contributed by atoms with E-state index < -0.39 is 0 Å². The van der Waals surface area contributed by atoms with Gasteiger partial charge in [0, 0.05) is 18.1 Å². The van der Waals surface area contributed by atoms with Crippen molar-refractivity contribution < 1.29 is 13.9 Å². The predicted octanol–water partition coefficient (Wildman–Crippen LogP) is 4.43. The zero-order chi connectivity index (χ0) is 19.2. The van der Waals surface area contributed by atoms with Gasteiger partial charge in [-0.2, -0.15) is 5.10 Å². The Morgan fingerprint density at radius 2 is 1.96 bits per heavy atom. The molecule has 0 saturated heterocycles. The zero-order valence-electron chi connectivity index (χ0n) is 15.1. The number of benzene rings is 2. The van der Waals surface area contributed by atoms with Gasteiger partial charge in [0.15, 0.2) is 0 Å². The molecule has 0 spiro atoms. The minimum absolute atomic E-state index is 0.195. The Morgan fingerprint density at radius 3 is 2.79 bits per heavy atom. The highest BCUT2D eigenvalue weighted by Crippen LogP contribution is 2.18. The average Bonchev–Trinajstić information content (AvgIpc) is 3.43. The molecule has 0 atom stereocenters.